The van der Waals surface area contributed by atoms with Crippen LogP contribution < -0.4 is 10.1 Å². The Balaban J connectivity index is 2.70. The number of anilines is 1. The summed E-state index contributed by atoms with van der Waals surface area (Å²) in [4.78, 5) is 10.1. The topological polar surface area (TPSA) is 38.3 Å². The quantitative estimate of drug-likeness (QED) is 0.759. The van der Waals surface area contributed by atoms with Gasteiger partial charge in [0, 0.05) is 11.8 Å². The van der Waals surface area contributed by atoms with Gasteiger partial charge in [-0.05, 0) is 18.1 Å². The van der Waals surface area contributed by atoms with E-state index in [1.165, 1.54) is 12.1 Å². The first-order valence-electron chi connectivity index (χ1n) is 4.76. The predicted octanol–water partition coefficient (Wildman–Crippen LogP) is 2.43. The fourth-order valence-corrected chi connectivity index (χ4v) is 1.03. The Morgan fingerprint density at radius 2 is 2.27 bits per heavy atom. The fourth-order valence-electron chi connectivity index (χ4n) is 1.03. The second-order valence-electron chi connectivity index (χ2n) is 3.61. The summed E-state index contributed by atoms with van der Waals surface area (Å²) in [5.74, 6) is 0.0832. The van der Waals surface area contributed by atoms with Gasteiger partial charge in [0.1, 0.15) is 0 Å². The van der Waals surface area contributed by atoms with Gasteiger partial charge < -0.3 is 10.1 Å². The number of rotatable bonds is 5. The molecule has 1 aromatic carbocycles. The van der Waals surface area contributed by atoms with Gasteiger partial charge in [-0.15, -0.1) is 0 Å². The molecule has 4 heteroatoms. The molecule has 0 unspecified atom stereocenters. The molecule has 3 nitrogen and oxygen atoms in total. The second kappa shape index (κ2) is 5.34. The third-order valence-corrected chi connectivity index (χ3v) is 1.73. The fraction of sp³-hybridized carbons (Fsp3) is 0.364. The van der Waals surface area contributed by atoms with E-state index in [1.807, 2.05) is 13.8 Å². The normalized spacial score (nSPS) is 10.1. The van der Waals surface area contributed by atoms with Gasteiger partial charge in [0.2, 0.25) is 6.41 Å². The number of carbonyl (C=O) groups excluding carboxylic acids is 1. The molecule has 0 saturated carbocycles. The van der Waals surface area contributed by atoms with E-state index >= 15 is 0 Å². The van der Waals surface area contributed by atoms with Crippen molar-refractivity contribution < 1.29 is 13.9 Å². The van der Waals surface area contributed by atoms with E-state index in [4.69, 9.17) is 4.74 Å². The predicted molar refractivity (Wildman–Crippen MR) is 56.4 cm³/mol. The molecule has 15 heavy (non-hydrogen) atoms. The number of benzene rings is 1. The van der Waals surface area contributed by atoms with Gasteiger partial charge >= 0.3 is 0 Å². The Bertz CT molecular complexity index is 339. The number of amides is 1. The molecule has 82 valence electrons. The highest BCUT2D eigenvalue weighted by atomic mass is 19.1. The molecule has 1 amide bonds. The third kappa shape index (κ3) is 3.58. The zero-order valence-corrected chi connectivity index (χ0v) is 8.79. The molecule has 0 aliphatic rings. The van der Waals surface area contributed by atoms with Crippen LogP contribution in [-0.2, 0) is 4.79 Å². The van der Waals surface area contributed by atoms with Crippen LogP contribution in [0.25, 0.3) is 0 Å². The zero-order valence-electron chi connectivity index (χ0n) is 8.79. The Morgan fingerprint density at radius 1 is 1.53 bits per heavy atom. The lowest BCUT2D eigenvalue weighted by atomic mass is 10.2. The minimum absolute atomic E-state index is 0.208. The highest BCUT2D eigenvalue weighted by molar-refractivity contribution is 5.71. The number of hydrogen-bond donors (Lipinski definition) is 1. The summed E-state index contributed by atoms with van der Waals surface area (Å²) >= 11 is 0. The van der Waals surface area contributed by atoms with E-state index in [-0.39, 0.29) is 5.75 Å². The molecule has 0 heterocycles. The van der Waals surface area contributed by atoms with Gasteiger partial charge in [-0.25, -0.2) is 4.39 Å². The van der Waals surface area contributed by atoms with Crippen LogP contribution in [0, 0.1) is 11.7 Å². The summed E-state index contributed by atoms with van der Waals surface area (Å²) in [7, 11) is 0. The van der Waals surface area contributed by atoms with Crippen molar-refractivity contribution in [1.82, 2.24) is 0 Å². The molecule has 0 aliphatic carbocycles. The van der Waals surface area contributed by atoms with Gasteiger partial charge in [-0.3, -0.25) is 4.79 Å². The summed E-state index contributed by atoms with van der Waals surface area (Å²) in [6.45, 7) is 4.44. The molecule has 1 N–H and O–H groups in total. The summed E-state index contributed by atoms with van der Waals surface area (Å²) in [5, 5.41) is 2.36. The molecule has 0 spiro atoms. The van der Waals surface area contributed by atoms with Crippen molar-refractivity contribution in [3.8, 4) is 5.75 Å². The van der Waals surface area contributed by atoms with Crippen molar-refractivity contribution in [2.45, 2.75) is 13.8 Å². The van der Waals surface area contributed by atoms with Crippen LogP contribution in [-0.4, -0.2) is 13.0 Å². The van der Waals surface area contributed by atoms with Crippen molar-refractivity contribution in [3.05, 3.63) is 24.0 Å². The zero-order chi connectivity index (χ0) is 11.3. The average molecular weight is 211 g/mol. The van der Waals surface area contributed by atoms with Gasteiger partial charge in [-0.1, -0.05) is 13.8 Å². The van der Waals surface area contributed by atoms with Crippen molar-refractivity contribution in [2.75, 3.05) is 11.9 Å². The van der Waals surface area contributed by atoms with E-state index in [1.54, 1.807) is 6.07 Å². The van der Waals surface area contributed by atoms with E-state index in [0.717, 1.165) is 0 Å². The maximum Gasteiger partial charge on any atom is 0.211 e. The first-order chi connectivity index (χ1) is 7.13. The van der Waals surface area contributed by atoms with Crippen LogP contribution in [0.4, 0.5) is 10.1 Å². The average Bonchev–Trinajstić information content (AvgIpc) is 2.17. The number of carbonyl (C=O) groups is 1. The Hall–Kier alpha value is -1.58. The van der Waals surface area contributed by atoms with Crippen LogP contribution in [0.3, 0.4) is 0 Å². The molecular weight excluding hydrogens is 197 g/mol. The maximum absolute atomic E-state index is 13.3. The van der Waals surface area contributed by atoms with Crippen LogP contribution in [0.2, 0.25) is 0 Å². The molecule has 1 aromatic rings. The van der Waals surface area contributed by atoms with E-state index < -0.39 is 5.82 Å². The highest BCUT2D eigenvalue weighted by Gasteiger charge is 2.05. The summed E-state index contributed by atoms with van der Waals surface area (Å²) in [5.41, 5.74) is 0.416. The lowest BCUT2D eigenvalue weighted by Crippen LogP contribution is -2.06. The molecule has 0 bridgehead atoms. The van der Waals surface area contributed by atoms with Crippen molar-refractivity contribution >= 4 is 12.1 Å². The lowest BCUT2D eigenvalue weighted by Gasteiger charge is -2.10. The van der Waals surface area contributed by atoms with Crippen molar-refractivity contribution in [1.29, 1.82) is 0 Å². The molecule has 0 aromatic heterocycles. The molecule has 1 rings (SSSR count). The number of halogens is 1. The molecular formula is C11H14FNO2. The van der Waals surface area contributed by atoms with E-state index in [0.29, 0.717) is 24.6 Å². The molecule has 0 atom stereocenters. The monoisotopic (exact) mass is 211 g/mol. The number of hydrogen-bond acceptors (Lipinski definition) is 2. The van der Waals surface area contributed by atoms with Gasteiger partial charge in [0.25, 0.3) is 0 Å². The van der Waals surface area contributed by atoms with Crippen molar-refractivity contribution in [2.24, 2.45) is 5.92 Å². The summed E-state index contributed by atoms with van der Waals surface area (Å²) < 4.78 is 18.6. The Morgan fingerprint density at radius 3 is 2.80 bits per heavy atom. The van der Waals surface area contributed by atoms with Crippen LogP contribution in [0.5, 0.6) is 5.75 Å². The Labute approximate surface area is 88.2 Å². The first kappa shape index (κ1) is 11.5. The summed E-state index contributed by atoms with van der Waals surface area (Å²) in [6.07, 6.45) is 0.503. The van der Waals surface area contributed by atoms with Gasteiger partial charge in [-0.2, -0.15) is 0 Å². The molecule has 0 aliphatic heterocycles. The highest BCUT2D eigenvalue weighted by Crippen LogP contribution is 2.21. The largest absolute Gasteiger partial charge is 0.490 e. The van der Waals surface area contributed by atoms with Crippen molar-refractivity contribution in [3.63, 3.8) is 0 Å². The van der Waals surface area contributed by atoms with Crippen LogP contribution in [0.15, 0.2) is 18.2 Å². The van der Waals surface area contributed by atoms with Crippen LogP contribution in [0.1, 0.15) is 13.8 Å². The second-order valence-corrected chi connectivity index (χ2v) is 3.61. The van der Waals surface area contributed by atoms with Crippen LogP contribution >= 0.6 is 0 Å². The minimum atomic E-state index is -0.470. The third-order valence-electron chi connectivity index (χ3n) is 1.73. The smallest absolute Gasteiger partial charge is 0.211 e. The standard InChI is InChI=1S/C11H14FNO2/c1-8(2)6-15-11-4-3-9(13-7-14)5-10(11)12/h3-5,7-8H,6H2,1-2H3,(H,13,14). The summed E-state index contributed by atoms with van der Waals surface area (Å²) in [6, 6.07) is 4.32. The Kier molecular flexibility index (Phi) is 4.09. The van der Waals surface area contributed by atoms with E-state index in [9.17, 15) is 9.18 Å². The SMILES string of the molecule is CC(C)COc1ccc(NC=O)cc1F. The number of ether oxygens (including phenoxy) is 1. The molecule has 0 fully saturated rings. The minimum Gasteiger partial charge on any atom is -0.490 e. The maximum atomic E-state index is 13.3. The lowest BCUT2D eigenvalue weighted by molar-refractivity contribution is -0.105. The number of nitrogens with one attached hydrogen (secondary N) is 1. The first-order valence-corrected chi connectivity index (χ1v) is 4.76. The molecule has 0 saturated heterocycles. The van der Waals surface area contributed by atoms with Gasteiger partial charge in [0.05, 0.1) is 6.61 Å². The van der Waals surface area contributed by atoms with E-state index in [2.05, 4.69) is 5.32 Å². The van der Waals surface area contributed by atoms with Gasteiger partial charge in [0.15, 0.2) is 11.6 Å². The molecule has 0 radical (unpaired) electrons.